The van der Waals surface area contributed by atoms with E-state index in [1.807, 2.05) is 24.3 Å². The summed E-state index contributed by atoms with van der Waals surface area (Å²) in [5.74, 6) is 0.534. The van der Waals surface area contributed by atoms with Gasteiger partial charge in [-0.15, -0.1) is 0 Å². The number of anilines is 1. The van der Waals surface area contributed by atoms with Gasteiger partial charge < -0.3 is 9.64 Å². The molecule has 0 spiro atoms. The Morgan fingerprint density at radius 3 is 2.43 bits per heavy atom. The molecule has 0 N–H and O–H groups in total. The summed E-state index contributed by atoms with van der Waals surface area (Å²) >= 11 is 1.00. The number of hydrogen-bond acceptors (Lipinski definition) is 6. The fourth-order valence-electron chi connectivity index (χ4n) is 3.65. The first-order chi connectivity index (χ1) is 14.5. The molecule has 0 bridgehead atoms. The molecule has 2 aliphatic heterocycles. The third-order valence-electron chi connectivity index (χ3n) is 5.37. The minimum absolute atomic E-state index is 0.208. The highest BCUT2D eigenvalue weighted by Crippen LogP contribution is 2.32. The van der Waals surface area contributed by atoms with Gasteiger partial charge in [-0.3, -0.25) is 19.4 Å². The molecule has 0 aromatic heterocycles. The molecule has 2 saturated heterocycles. The molecule has 4 rings (SSSR count). The minimum Gasteiger partial charge on any atom is -0.497 e. The Bertz CT molecular complexity index is 966. The predicted octanol–water partition coefficient (Wildman–Crippen LogP) is 3.82. The van der Waals surface area contributed by atoms with Crippen LogP contribution in [0.5, 0.6) is 5.75 Å². The van der Waals surface area contributed by atoms with Gasteiger partial charge in [-0.25, -0.2) is 0 Å². The van der Waals surface area contributed by atoms with Crippen molar-refractivity contribution < 1.29 is 14.3 Å². The Labute approximate surface area is 181 Å². The fraction of sp³-hybridized carbons (Fsp3) is 0.304. The van der Waals surface area contributed by atoms with Gasteiger partial charge in [-0.05, 0) is 60.2 Å². The summed E-state index contributed by atoms with van der Waals surface area (Å²) in [4.78, 5) is 31.6. The molecule has 0 radical (unpaired) electrons. The maximum atomic E-state index is 12.8. The van der Waals surface area contributed by atoms with E-state index in [-0.39, 0.29) is 11.1 Å². The quantitative estimate of drug-likeness (QED) is 0.682. The lowest BCUT2D eigenvalue weighted by atomic mass is 10.2. The van der Waals surface area contributed by atoms with E-state index in [1.54, 1.807) is 13.2 Å². The Morgan fingerprint density at radius 2 is 1.77 bits per heavy atom. The number of imide groups is 1. The van der Waals surface area contributed by atoms with Crippen LogP contribution in [-0.2, 0) is 4.79 Å². The van der Waals surface area contributed by atoms with E-state index in [9.17, 15) is 9.59 Å². The van der Waals surface area contributed by atoms with E-state index in [2.05, 4.69) is 41.0 Å². The summed E-state index contributed by atoms with van der Waals surface area (Å²) in [6, 6.07) is 15.9. The number of aryl methyl sites for hydroxylation is 1. The molecule has 2 amide bonds. The first-order valence-corrected chi connectivity index (χ1v) is 10.8. The van der Waals surface area contributed by atoms with Crippen LogP contribution in [0.2, 0.25) is 0 Å². The number of amides is 2. The number of ether oxygens (including phenoxy) is 1. The van der Waals surface area contributed by atoms with Crippen molar-refractivity contribution in [1.29, 1.82) is 0 Å². The van der Waals surface area contributed by atoms with E-state index in [1.165, 1.54) is 16.2 Å². The molecule has 30 heavy (non-hydrogen) atoms. The Balaban J connectivity index is 1.36. The average Bonchev–Trinajstić information content (AvgIpc) is 3.02. The van der Waals surface area contributed by atoms with Crippen molar-refractivity contribution in [2.24, 2.45) is 0 Å². The van der Waals surface area contributed by atoms with Gasteiger partial charge in [0, 0.05) is 31.9 Å². The number of carbonyl (C=O) groups excluding carboxylic acids is 2. The molecule has 0 unspecified atom stereocenters. The highest BCUT2D eigenvalue weighted by molar-refractivity contribution is 8.18. The van der Waals surface area contributed by atoms with Crippen molar-refractivity contribution in [1.82, 2.24) is 9.80 Å². The molecule has 0 atom stereocenters. The van der Waals surface area contributed by atoms with Gasteiger partial charge in [0.05, 0.1) is 18.7 Å². The zero-order valence-corrected chi connectivity index (χ0v) is 18.0. The zero-order valence-electron chi connectivity index (χ0n) is 17.2. The van der Waals surface area contributed by atoms with Crippen LogP contribution in [0.1, 0.15) is 11.1 Å². The standard InChI is InChI=1S/C23H25N3O3S/c1-17-4-3-5-19(14-17)25-12-10-24(11-13-25)16-26-22(27)21(30-23(26)28)15-18-6-8-20(29-2)9-7-18/h3-9,14-15H,10-13,16H2,1-2H3/b21-15+. The van der Waals surface area contributed by atoms with Crippen molar-refractivity contribution in [3.8, 4) is 5.75 Å². The van der Waals surface area contributed by atoms with Crippen molar-refractivity contribution in [3.63, 3.8) is 0 Å². The van der Waals surface area contributed by atoms with Gasteiger partial charge in [0.25, 0.3) is 11.1 Å². The second kappa shape index (κ2) is 8.93. The Morgan fingerprint density at radius 1 is 1.03 bits per heavy atom. The second-order valence-electron chi connectivity index (χ2n) is 7.47. The van der Waals surface area contributed by atoms with Gasteiger partial charge in [-0.2, -0.15) is 0 Å². The molecule has 0 saturated carbocycles. The monoisotopic (exact) mass is 423 g/mol. The molecule has 2 aromatic rings. The molecular weight excluding hydrogens is 398 g/mol. The number of carbonyl (C=O) groups is 2. The lowest BCUT2D eigenvalue weighted by Gasteiger charge is -2.37. The normalized spacial score (nSPS) is 19.1. The number of nitrogens with zero attached hydrogens (tertiary/aromatic N) is 3. The number of rotatable bonds is 5. The summed E-state index contributed by atoms with van der Waals surface area (Å²) in [5.41, 5.74) is 3.34. The maximum Gasteiger partial charge on any atom is 0.294 e. The van der Waals surface area contributed by atoms with Crippen LogP contribution in [0.15, 0.2) is 53.4 Å². The summed E-state index contributed by atoms with van der Waals surface area (Å²) in [6.45, 7) is 5.81. The highest BCUT2D eigenvalue weighted by Gasteiger charge is 2.36. The summed E-state index contributed by atoms with van der Waals surface area (Å²) in [7, 11) is 1.61. The second-order valence-corrected chi connectivity index (χ2v) is 8.46. The third kappa shape index (κ3) is 4.52. The van der Waals surface area contributed by atoms with Gasteiger partial charge in [0.2, 0.25) is 0 Å². The Kier molecular flexibility index (Phi) is 6.11. The lowest BCUT2D eigenvalue weighted by molar-refractivity contribution is -0.124. The van der Waals surface area contributed by atoms with Crippen molar-refractivity contribution in [3.05, 3.63) is 64.6 Å². The number of piperazine rings is 1. The zero-order chi connectivity index (χ0) is 21.1. The highest BCUT2D eigenvalue weighted by atomic mass is 32.2. The number of methoxy groups -OCH3 is 1. The van der Waals surface area contributed by atoms with Gasteiger partial charge in [0.1, 0.15) is 5.75 Å². The van der Waals surface area contributed by atoms with E-state index in [4.69, 9.17) is 4.74 Å². The molecule has 7 heteroatoms. The molecular formula is C23H25N3O3S. The summed E-state index contributed by atoms with van der Waals surface area (Å²) < 4.78 is 5.16. The van der Waals surface area contributed by atoms with E-state index < -0.39 is 0 Å². The third-order valence-corrected chi connectivity index (χ3v) is 6.28. The number of benzene rings is 2. The molecule has 2 heterocycles. The molecule has 2 aliphatic rings. The summed E-state index contributed by atoms with van der Waals surface area (Å²) in [5, 5.41) is -0.208. The number of thioether (sulfide) groups is 1. The van der Waals surface area contributed by atoms with Crippen LogP contribution in [-0.4, -0.2) is 60.9 Å². The fourth-order valence-corrected chi connectivity index (χ4v) is 4.48. The molecule has 2 aromatic carbocycles. The van der Waals surface area contributed by atoms with Crippen LogP contribution >= 0.6 is 11.8 Å². The van der Waals surface area contributed by atoms with Gasteiger partial charge >= 0.3 is 0 Å². The van der Waals surface area contributed by atoms with Crippen LogP contribution in [0.4, 0.5) is 10.5 Å². The van der Waals surface area contributed by atoms with Crippen LogP contribution in [0.25, 0.3) is 6.08 Å². The lowest BCUT2D eigenvalue weighted by Crippen LogP contribution is -2.50. The van der Waals surface area contributed by atoms with Crippen molar-refractivity contribution in [2.45, 2.75) is 6.92 Å². The number of hydrogen-bond donors (Lipinski definition) is 0. The van der Waals surface area contributed by atoms with Gasteiger partial charge in [0.15, 0.2) is 0 Å². The predicted molar refractivity (Wildman–Crippen MR) is 121 cm³/mol. The van der Waals surface area contributed by atoms with Crippen LogP contribution < -0.4 is 9.64 Å². The molecule has 156 valence electrons. The average molecular weight is 424 g/mol. The molecule has 0 aliphatic carbocycles. The Hall–Kier alpha value is -2.77. The smallest absolute Gasteiger partial charge is 0.294 e. The van der Waals surface area contributed by atoms with E-state index in [0.29, 0.717) is 11.6 Å². The van der Waals surface area contributed by atoms with Gasteiger partial charge in [-0.1, -0.05) is 24.3 Å². The van der Waals surface area contributed by atoms with Crippen molar-refractivity contribution >= 4 is 34.7 Å². The van der Waals surface area contributed by atoms with E-state index >= 15 is 0 Å². The largest absolute Gasteiger partial charge is 0.497 e. The minimum atomic E-state index is -0.220. The summed E-state index contributed by atoms with van der Waals surface area (Å²) in [6.07, 6.45) is 1.76. The van der Waals surface area contributed by atoms with Crippen molar-refractivity contribution in [2.75, 3.05) is 44.9 Å². The molecule has 6 nitrogen and oxygen atoms in total. The first kappa shape index (κ1) is 20.5. The van der Waals surface area contributed by atoms with Crippen LogP contribution in [0, 0.1) is 6.92 Å². The van der Waals surface area contributed by atoms with E-state index in [0.717, 1.165) is 49.3 Å². The SMILES string of the molecule is COc1ccc(/C=C2/SC(=O)N(CN3CCN(c4cccc(C)c4)CC3)C2=O)cc1. The topological polar surface area (TPSA) is 53.1 Å². The first-order valence-electron chi connectivity index (χ1n) is 9.97. The molecule has 2 fully saturated rings. The van der Waals surface area contributed by atoms with Crippen LogP contribution in [0.3, 0.4) is 0 Å². The maximum absolute atomic E-state index is 12.8.